The number of aryl methyl sites for hydroxylation is 1. The van der Waals surface area contributed by atoms with Crippen molar-refractivity contribution in [1.82, 2.24) is 9.88 Å². The molecule has 1 aromatic heterocycles. The largest absolute Gasteiger partial charge is 0.416 e. The molecule has 3 aromatic rings. The fraction of sp³-hybridized carbons (Fsp3) is 0.125. The van der Waals surface area contributed by atoms with Crippen LogP contribution in [-0.4, -0.2) is 11.2 Å². The highest BCUT2D eigenvalue weighted by atomic mass is 32.2. The minimum Gasteiger partial charge on any atom is -0.354 e. The lowest BCUT2D eigenvalue weighted by molar-refractivity contribution is -0.137. The predicted molar refractivity (Wildman–Crippen MR) is 88.2 cm³/mol. The number of carbonyl (C=O) groups is 1. The molecule has 2 aromatic carbocycles. The summed E-state index contributed by atoms with van der Waals surface area (Å²) in [5.41, 5.74) is 0.778. The average Bonchev–Trinajstić information content (AvgIpc) is 2.95. The Bertz CT molecular complexity index is 907. The van der Waals surface area contributed by atoms with Crippen LogP contribution in [-0.2, 0) is 6.18 Å². The molecule has 0 radical (unpaired) electrons. The number of hydrogen-bond acceptors (Lipinski definition) is 4. The summed E-state index contributed by atoms with van der Waals surface area (Å²) >= 11 is 0.890. The molecule has 0 saturated heterocycles. The van der Waals surface area contributed by atoms with E-state index in [9.17, 15) is 18.0 Å². The molecule has 0 bridgehead atoms. The Hall–Kier alpha value is -2.68. The van der Waals surface area contributed by atoms with Gasteiger partial charge in [0.05, 0.1) is 10.9 Å². The highest BCUT2D eigenvalue weighted by Crippen LogP contribution is 2.30. The number of carbonyl (C=O) groups excluding carboxylic acids is 1. The molecule has 0 atom stereocenters. The summed E-state index contributed by atoms with van der Waals surface area (Å²) < 4.78 is 45.1. The van der Waals surface area contributed by atoms with Gasteiger partial charge >= 0.3 is 12.2 Å². The Kier molecular flexibility index (Phi) is 4.58. The van der Waals surface area contributed by atoms with Gasteiger partial charge in [-0.15, -0.1) is 0 Å². The van der Waals surface area contributed by atoms with Gasteiger partial charge in [-0.1, -0.05) is 16.8 Å². The number of rotatable bonds is 3. The lowest BCUT2D eigenvalue weighted by Crippen LogP contribution is -2.22. The van der Waals surface area contributed by atoms with Gasteiger partial charge in [-0.25, -0.2) is 4.79 Å². The van der Waals surface area contributed by atoms with Gasteiger partial charge in [0.1, 0.15) is 0 Å². The first-order valence-corrected chi connectivity index (χ1v) is 7.92. The summed E-state index contributed by atoms with van der Waals surface area (Å²) in [4.78, 5) is 12.4. The number of anilines is 1. The Balaban J connectivity index is 1.62. The van der Waals surface area contributed by atoms with E-state index in [4.69, 9.17) is 4.52 Å². The van der Waals surface area contributed by atoms with Crippen molar-refractivity contribution < 1.29 is 22.5 Å². The predicted octanol–water partition coefficient (Wildman–Crippen LogP) is 4.98. The number of halogens is 3. The monoisotopic (exact) mass is 367 g/mol. The van der Waals surface area contributed by atoms with Gasteiger partial charge in [0.25, 0.3) is 0 Å². The molecule has 0 unspecified atom stereocenters. The molecule has 25 heavy (non-hydrogen) atoms. The fourth-order valence-corrected chi connectivity index (χ4v) is 2.63. The van der Waals surface area contributed by atoms with E-state index in [0.29, 0.717) is 15.9 Å². The van der Waals surface area contributed by atoms with Crippen molar-refractivity contribution >= 4 is 34.8 Å². The molecule has 5 nitrogen and oxygen atoms in total. The molecule has 0 aliphatic rings. The lowest BCUT2D eigenvalue weighted by atomic mass is 10.2. The van der Waals surface area contributed by atoms with Crippen molar-refractivity contribution in [2.24, 2.45) is 0 Å². The average molecular weight is 367 g/mol. The van der Waals surface area contributed by atoms with Gasteiger partial charge < -0.3 is 4.52 Å². The quantitative estimate of drug-likeness (QED) is 0.641. The zero-order chi connectivity index (χ0) is 18.0. The van der Waals surface area contributed by atoms with Crippen LogP contribution >= 0.6 is 11.9 Å². The molecule has 0 saturated carbocycles. The van der Waals surface area contributed by atoms with E-state index < -0.39 is 17.8 Å². The highest BCUT2D eigenvalue weighted by molar-refractivity contribution is 7.98. The Morgan fingerprint density at radius 3 is 2.56 bits per heavy atom. The van der Waals surface area contributed by atoms with Crippen LogP contribution < -0.4 is 10.0 Å². The third-order valence-electron chi connectivity index (χ3n) is 3.30. The van der Waals surface area contributed by atoms with E-state index in [1.54, 1.807) is 6.07 Å². The molecule has 2 N–H and O–H groups in total. The summed E-state index contributed by atoms with van der Waals surface area (Å²) in [6, 6.07) is 9.33. The van der Waals surface area contributed by atoms with Crippen LogP contribution in [0.3, 0.4) is 0 Å². The molecule has 0 spiro atoms. The number of nitrogens with zero attached hydrogens (tertiary/aromatic N) is 1. The van der Waals surface area contributed by atoms with Gasteiger partial charge in [0.2, 0.25) is 0 Å². The van der Waals surface area contributed by atoms with Crippen LogP contribution in [0.25, 0.3) is 11.0 Å². The second-order valence-electron chi connectivity index (χ2n) is 5.21. The van der Waals surface area contributed by atoms with Crippen LogP contribution in [0.15, 0.2) is 51.9 Å². The number of aromatic nitrogens is 1. The van der Waals surface area contributed by atoms with E-state index in [2.05, 4.69) is 15.2 Å². The molecule has 0 aliphatic heterocycles. The zero-order valence-electron chi connectivity index (χ0n) is 12.8. The SMILES string of the molecule is Cc1ccc2onc(NC(=O)NSc3ccc(C(F)(F)F)cc3)c2c1. The van der Waals surface area contributed by atoms with Gasteiger partial charge in [0.15, 0.2) is 11.4 Å². The van der Waals surface area contributed by atoms with E-state index in [1.807, 2.05) is 19.1 Å². The number of alkyl halides is 3. The van der Waals surface area contributed by atoms with Crippen molar-refractivity contribution in [2.45, 2.75) is 18.0 Å². The molecule has 130 valence electrons. The van der Waals surface area contributed by atoms with Crippen molar-refractivity contribution in [3.8, 4) is 0 Å². The lowest BCUT2D eigenvalue weighted by Gasteiger charge is -2.08. The first kappa shape index (κ1) is 17.2. The van der Waals surface area contributed by atoms with Gasteiger partial charge in [-0.05, 0) is 55.3 Å². The maximum atomic E-state index is 12.5. The number of nitrogens with one attached hydrogen (secondary N) is 2. The van der Waals surface area contributed by atoms with Gasteiger partial charge in [-0.2, -0.15) is 13.2 Å². The smallest absolute Gasteiger partial charge is 0.354 e. The topological polar surface area (TPSA) is 67.2 Å². The molecular formula is C16H12F3N3O2S. The molecule has 0 aliphatic carbocycles. The molecular weight excluding hydrogens is 355 g/mol. The molecule has 2 amide bonds. The van der Waals surface area contributed by atoms with E-state index in [-0.39, 0.29) is 5.82 Å². The maximum Gasteiger partial charge on any atom is 0.416 e. The molecule has 1 heterocycles. The maximum absolute atomic E-state index is 12.5. The Labute approximate surface area is 144 Å². The molecule has 9 heteroatoms. The van der Waals surface area contributed by atoms with Crippen LogP contribution in [0.2, 0.25) is 0 Å². The molecule has 0 fully saturated rings. The number of benzene rings is 2. The second kappa shape index (κ2) is 6.67. The minimum absolute atomic E-state index is 0.268. The Morgan fingerprint density at radius 2 is 1.88 bits per heavy atom. The fourth-order valence-electron chi connectivity index (χ4n) is 2.09. The summed E-state index contributed by atoms with van der Waals surface area (Å²) in [6.45, 7) is 1.90. The van der Waals surface area contributed by atoms with Crippen LogP contribution in [0, 0.1) is 6.92 Å². The van der Waals surface area contributed by atoms with Crippen molar-refractivity contribution in [3.05, 3.63) is 53.6 Å². The summed E-state index contributed by atoms with van der Waals surface area (Å²) in [5, 5.41) is 6.99. The summed E-state index contributed by atoms with van der Waals surface area (Å²) in [7, 11) is 0. The number of urea groups is 1. The standard InChI is InChI=1S/C16H12F3N3O2S/c1-9-2-7-13-12(8-9)14(21-24-13)20-15(23)22-25-11-5-3-10(4-6-11)16(17,18)19/h2-8H,1H3,(H2,20,21,22,23). The first-order chi connectivity index (χ1) is 11.8. The normalized spacial score (nSPS) is 11.5. The summed E-state index contributed by atoms with van der Waals surface area (Å²) in [5.74, 6) is 0.268. The van der Waals surface area contributed by atoms with Crippen LogP contribution in [0.4, 0.5) is 23.8 Å². The third kappa shape index (κ3) is 4.05. The molecule has 3 rings (SSSR count). The number of fused-ring (bicyclic) bond motifs is 1. The second-order valence-corrected chi connectivity index (χ2v) is 6.09. The Morgan fingerprint density at radius 1 is 1.16 bits per heavy atom. The van der Waals surface area contributed by atoms with Crippen molar-refractivity contribution in [1.29, 1.82) is 0 Å². The minimum atomic E-state index is -4.39. The van der Waals surface area contributed by atoms with Crippen molar-refractivity contribution in [3.63, 3.8) is 0 Å². The van der Waals surface area contributed by atoms with Gasteiger partial charge in [0, 0.05) is 4.90 Å². The van der Waals surface area contributed by atoms with E-state index >= 15 is 0 Å². The van der Waals surface area contributed by atoms with Gasteiger partial charge in [-0.3, -0.25) is 10.0 Å². The zero-order valence-corrected chi connectivity index (χ0v) is 13.7. The third-order valence-corrected chi connectivity index (χ3v) is 4.10. The van der Waals surface area contributed by atoms with E-state index in [0.717, 1.165) is 29.6 Å². The number of hydrogen-bond donors (Lipinski definition) is 2. The highest BCUT2D eigenvalue weighted by Gasteiger charge is 2.29. The van der Waals surface area contributed by atoms with Crippen LogP contribution in [0.5, 0.6) is 0 Å². The number of amides is 2. The van der Waals surface area contributed by atoms with Crippen LogP contribution in [0.1, 0.15) is 11.1 Å². The van der Waals surface area contributed by atoms with E-state index in [1.165, 1.54) is 12.1 Å². The summed E-state index contributed by atoms with van der Waals surface area (Å²) in [6.07, 6.45) is -4.39. The van der Waals surface area contributed by atoms with Crippen molar-refractivity contribution in [2.75, 3.05) is 5.32 Å². The first-order valence-electron chi connectivity index (χ1n) is 7.10.